The number of carbonyl (C=O) groups excluding carboxylic acids is 1. The summed E-state index contributed by atoms with van der Waals surface area (Å²) < 4.78 is 9.93. The normalized spacial score (nSPS) is 11.4. The Hall–Kier alpha value is -0.911. The Labute approximate surface area is 208 Å². The van der Waals surface area contributed by atoms with E-state index in [1.807, 2.05) is 30.3 Å². The van der Waals surface area contributed by atoms with Crippen molar-refractivity contribution in [2.75, 3.05) is 5.32 Å². The predicted octanol–water partition coefficient (Wildman–Crippen LogP) is 9.17. The topological polar surface area (TPSA) is 38.3 Å². The molecule has 0 aliphatic heterocycles. The second-order valence-electron chi connectivity index (χ2n) is 8.52. The average molecular weight is 585 g/mol. The van der Waals surface area contributed by atoms with E-state index in [1.54, 1.807) is 12.1 Å². The molecule has 2 rings (SSSR count). The van der Waals surface area contributed by atoms with Gasteiger partial charge in [-0.1, -0.05) is 0 Å². The van der Waals surface area contributed by atoms with Crippen LogP contribution in [0, 0.1) is 0 Å². The molecule has 1 N–H and O–H groups in total. The first-order valence-electron chi connectivity index (χ1n) is 12.0. The molecule has 0 spiro atoms. The van der Waals surface area contributed by atoms with Gasteiger partial charge < -0.3 is 0 Å². The molecule has 2 aromatic rings. The van der Waals surface area contributed by atoms with Crippen LogP contribution in [-0.4, -0.2) is 24.8 Å². The second-order valence-corrected chi connectivity index (χ2v) is 21.0. The van der Waals surface area contributed by atoms with E-state index in [1.165, 1.54) is 19.3 Å². The zero-order chi connectivity index (χ0) is 23.4. The van der Waals surface area contributed by atoms with Crippen LogP contribution in [0.4, 0.5) is 11.4 Å². The maximum absolute atomic E-state index is 13.2. The van der Waals surface area contributed by atoms with Gasteiger partial charge in [0.1, 0.15) is 0 Å². The second kappa shape index (κ2) is 14.4. The van der Waals surface area contributed by atoms with Crippen LogP contribution in [-0.2, 0) is 14.3 Å². The number of halogens is 2. The standard InChI is InChI=1S/C14H11Cl2NO2.3C4H9.Sn/c15-10-5-3-6-11(16)14(10)17-12-7-2-1-4-9(12)8-13(18)19;3*1-3-4-2;/h1-7,17H,8H2,(H,18,19);3*1,3-4H2,2H3;/q;;;;+1/p-1. The summed E-state index contributed by atoms with van der Waals surface area (Å²) in [6, 6.07) is 13.2. The fraction of sp³-hybridized carbons (Fsp3) is 0.500. The van der Waals surface area contributed by atoms with E-state index >= 15 is 0 Å². The van der Waals surface area contributed by atoms with Crippen molar-refractivity contribution in [2.45, 2.75) is 79.0 Å². The molecule has 6 heteroatoms. The van der Waals surface area contributed by atoms with Crippen molar-refractivity contribution in [3.63, 3.8) is 0 Å². The van der Waals surface area contributed by atoms with Crippen molar-refractivity contribution >= 4 is 59.3 Å². The van der Waals surface area contributed by atoms with Gasteiger partial charge in [0.15, 0.2) is 0 Å². The van der Waals surface area contributed by atoms with Crippen molar-refractivity contribution in [3.05, 3.63) is 58.1 Å². The van der Waals surface area contributed by atoms with E-state index in [9.17, 15) is 4.79 Å². The molecule has 0 saturated carbocycles. The number of anilines is 2. The molecular formula is C26H37Cl2NO2Sn. The van der Waals surface area contributed by atoms with Crippen molar-refractivity contribution in [2.24, 2.45) is 0 Å². The van der Waals surface area contributed by atoms with Gasteiger partial charge in [-0.05, 0) is 0 Å². The summed E-state index contributed by atoms with van der Waals surface area (Å²) >= 11 is 9.69. The first-order chi connectivity index (χ1) is 15.4. The van der Waals surface area contributed by atoms with Crippen LogP contribution in [0.1, 0.15) is 64.9 Å². The van der Waals surface area contributed by atoms with Gasteiger partial charge >= 0.3 is 210 Å². The number of benzene rings is 2. The average Bonchev–Trinajstić information content (AvgIpc) is 2.78. The van der Waals surface area contributed by atoms with Crippen molar-refractivity contribution < 1.29 is 7.87 Å². The Kier molecular flexibility index (Phi) is 12.3. The summed E-state index contributed by atoms with van der Waals surface area (Å²) in [6.45, 7) is 6.67. The van der Waals surface area contributed by atoms with Gasteiger partial charge in [0.25, 0.3) is 0 Å². The Morgan fingerprint density at radius 2 is 1.38 bits per heavy atom. The van der Waals surface area contributed by atoms with Crippen molar-refractivity contribution in [1.82, 2.24) is 0 Å². The fourth-order valence-corrected chi connectivity index (χ4v) is 17.6. The van der Waals surface area contributed by atoms with E-state index < -0.39 is 18.8 Å². The zero-order valence-electron chi connectivity index (χ0n) is 19.7. The number of hydrogen-bond donors (Lipinski definition) is 1. The van der Waals surface area contributed by atoms with Crippen LogP contribution in [0.5, 0.6) is 0 Å². The quantitative estimate of drug-likeness (QED) is 0.225. The van der Waals surface area contributed by atoms with Crippen LogP contribution < -0.4 is 5.32 Å². The van der Waals surface area contributed by atoms with Crippen LogP contribution in [0.15, 0.2) is 42.5 Å². The number of para-hydroxylation sites is 2. The molecule has 0 saturated heterocycles. The number of carbonyl (C=O) groups is 1. The molecule has 0 amide bonds. The minimum absolute atomic E-state index is 0.0800. The van der Waals surface area contributed by atoms with Gasteiger partial charge in [-0.3, -0.25) is 0 Å². The summed E-state index contributed by atoms with van der Waals surface area (Å²) in [4.78, 5) is 13.2. The first-order valence-corrected chi connectivity index (χ1v) is 19.9. The molecule has 0 atom stereocenters. The molecule has 0 unspecified atom stereocenters. The third-order valence-corrected chi connectivity index (χ3v) is 19.2. The van der Waals surface area contributed by atoms with Gasteiger partial charge in [0, 0.05) is 0 Å². The summed E-state index contributed by atoms with van der Waals surface area (Å²) in [7, 11) is 0. The SMILES string of the molecule is CCC[CH2][Sn]([CH2]CCC)([CH2]CCC)[O]C(=O)Cc1ccccc1Nc1c(Cl)cccc1Cl. The molecule has 0 aliphatic rings. The zero-order valence-corrected chi connectivity index (χ0v) is 24.1. The first kappa shape index (κ1) is 27.3. The molecule has 2 aromatic carbocycles. The summed E-state index contributed by atoms with van der Waals surface area (Å²) in [5.41, 5.74) is 2.38. The number of rotatable bonds is 14. The summed E-state index contributed by atoms with van der Waals surface area (Å²) in [6.07, 6.45) is 7.22. The summed E-state index contributed by atoms with van der Waals surface area (Å²) in [5, 5.41) is 4.42. The molecule has 0 heterocycles. The molecule has 176 valence electrons. The van der Waals surface area contributed by atoms with Crippen LogP contribution in [0.2, 0.25) is 23.4 Å². The van der Waals surface area contributed by atoms with E-state index in [-0.39, 0.29) is 12.4 Å². The number of nitrogens with one attached hydrogen (secondary N) is 1. The molecular weight excluding hydrogens is 548 g/mol. The third kappa shape index (κ3) is 8.46. The monoisotopic (exact) mass is 585 g/mol. The van der Waals surface area contributed by atoms with Crippen LogP contribution in [0.25, 0.3) is 0 Å². The van der Waals surface area contributed by atoms with Gasteiger partial charge in [-0.2, -0.15) is 0 Å². The molecule has 0 aliphatic carbocycles. The van der Waals surface area contributed by atoms with Crippen LogP contribution in [0.3, 0.4) is 0 Å². The van der Waals surface area contributed by atoms with E-state index in [4.69, 9.17) is 26.3 Å². The molecule has 0 aromatic heterocycles. The summed E-state index contributed by atoms with van der Waals surface area (Å²) in [5.74, 6) is -0.0800. The third-order valence-electron chi connectivity index (χ3n) is 5.86. The van der Waals surface area contributed by atoms with Gasteiger partial charge in [0.05, 0.1) is 0 Å². The predicted molar refractivity (Wildman–Crippen MR) is 141 cm³/mol. The number of unbranched alkanes of at least 4 members (excludes halogenated alkanes) is 3. The Balaban J connectivity index is 2.20. The Morgan fingerprint density at radius 3 is 1.91 bits per heavy atom. The van der Waals surface area contributed by atoms with E-state index in [0.29, 0.717) is 15.7 Å². The van der Waals surface area contributed by atoms with Gasteiger partial charge in [-0.25, -0.2) is 0 Å². The van der Waals surface area contributed by atoms with Gasteiger partial charge in [-0.15, -0.1) is 0 Å². The van der Waals surface area contributed by atoms with E-state index in [2.05, 4.69) is 26.1 Å². The van der Waals surface area contributed by atoms with Crippen LogP contribution >= 0.6 is 23.2 Å². The van der Waals surface area contributed by atoms with E-state index in [0.717, 1.165) is 43.8 Å². The Bertz CT molecular complexity index is 817. The maximum atomic E-state index is 13.2. The molecule has 3 nitrogen and oxygen atoms in total. The molecule has 0 radical (unpaired) electrons. The minimum atomic E-state index is -2.99. The van der Waals surface area contributed by atoms with Crippen molar-refractivity contribution in [1.29, 1.82) is 0 Å². The molecule has 0 bridgehead atoms. The van der Waals surface area contributed by atoms with Gasteiger partial charge in [0.2, 0.25) is 0 Å². The molecule has 0 fully saturated rings. The number of hydrogen-bond acceptors (Lipinski definition) is 3. The fourth-order valence-electron chi connectivity index (χ4n) is 4.01. The van der Waals surface area contributed by atoms with Crippen molar-refractivity contribution in [3.8, 4) is 0 Å². The molecule has 32 heavy (non-hydrogen) atoms. The Morgan fingerprint density at radius 1 is 0.844 bits per heavy atom.